The summed E-state index contributed by atoms with van der Waals surface area (Å²) in [6, 6.07) is 11.3. The molecule has 2 heterocycles. The first-order valence-corrected chi connectivity index (χ1v) is 7.16. The van der Waals surface area contributed by atoms with Crippen LogP contribution in [-0.4, -0.2) is 20.5 Å². The average Bonchev–Trinajstić information content (AvgIpc) is 2.86. The summed E-state index contributed by atoms with van der Waals surface area (Å²) in [5, 5.41) is 5.94. The molecule has 0 bridgehead atoms. The number of rotatable bonds is 4. The van der Waals surface area contributed by atoms with Gasteiger partial charge in [-0.1, -0.05) is 29.8 Å². The number of pyridine rings is 1. The zero-order chi connectivity index (χ0) is 14.8. The SMILES string of the molecule is CCn1nc(CC(=O)c2ccc(Cl)nc2)c2ccccc21. The Kier molecular flexibility index (Phi) is 3.71. The molecule has 2 aromatic heterocycles. The Morgan fingerprint density at radius 3 is 2.76 bits per heavy atom. The number of hydrogen-bond acceptors (Lipinski definition) is 3. The maximum atomic E-state index is 12.3. The largest absolute Gasteiger partial charge is 0.294 e. The highest BCUT2D eigenvalue weighted by Gasteiger charge is 2.14. The summed E-state index contributed by atoms with van der Waals surface area (Å²) in [6.07, 6.45) is 1.76. The van der Waals surface area contributed by atoms with Gasteiger partial charge in [0, 0.05) is 23.7 Å². The van der Waals surface area contributed by atoms with Crippen molar-refractivity contribution in [1.82, 2.24) is 14.8 Å². The summed E-state index contributed by atoms with van der Waals surface area (Å²) >= 11 is 5.74. The van der Waals surface area contributed by atoms with E-state index in [2.05, 4.69) is 10.1 Å². The lowest BCUT2D eigenvalue weighted by atomic mass is 10.1. The summed E-state index contributed by atoms with van der Waals surface area (Å²) in [6.45, 7) is 2.81. The predicted octanol–water partition coefficient (Wildman–Crippen LogP) is 3.53. The number of Topliss-reactive ketones (excluding diaryl/α,β-unsaturated/α-hetero) is 1. The minimum Gasteiger partial charge on any atom is -0.294 e. The molecule has 1 aromatic carbocycles. The number of aryl methyl sites for hydroxylation is 1. The van der Waals surface area contributed by atoms with Crippen LogP contribution in [0.1, 0.15) is 23.0 Å². The van der Waals surface area contributed by atoms with E-state index < -0.39 is 0 Å². The standard InChI is InChI=1S/C16H14ClN3O/c1-2-20-14-6-4-3-5-12(14)13(19-20)9-15(21)11-7-8-16(17)18-10-11/h3-8,10H,2,9H2,1H3. The third-order valence-corrected chi connectivity index (χ3v) is 3.63. The van der Waals surface area contributed by atoms with Gasteiger partial charge in [0.15, 0.2) is 5.78 Å². The van der Waals surface area contributed by atoms with Crippen molar-refractivity contribution >= 4 is 28.3 Å². The van der Waals surface area contributed by atoms with Gasteiger partial charge in [0.1, 0.15) is 5.15 Å². The molecular weight excluding hydrogens is 286 g/mol. The van der Waals surface area contributed by atoms with Crippen LogP contribution in [0.15, 0.2) is 42.6 Å². The first-order chi connectivity index (χ1) is 10.2. The quantitative estimate of drug-likeness (QED) is 0.547. The van der Waals surface area contributed by atoms with E-state index in [0.29, 0.717) is 10.7 Å². The number of benzene rings is 1. The summed E-state index contributed by atoms with van der Waals surface area (Å²) in [5.41, 5.74) is 2.40. The van der Waals surface area contributed by atoms with Crippen LogP contribution in [0.5, 0.6) is 0 Å². The van der Waals surface area contributed by atoms with Crippen LogP contribution in [0.4, 0.5) is 0 Å². The molecule has 21 heavy (non-hydrogen) atoms. The Bertz CT molecular complexity index is 793. The lowest BCUT2D eigenvalue weighted by Gasteiger charge is -1.99. The molecule has 0 spiro atoms. The van der Waals surface area contributed by atoms with E-state index in [0.717, 1.165) is 23.1 Å². The van der Waals surface area contributed by atoms with Crippen molar-refractivity contribution in [3.63, 3.8) is 0 Å². The fourth-order valence-corrected chi connectivity index (χ4v) is 2.47. The van der Waals surface area contributed by atoms with Crippen LogP contribution >= 0.6 is 11.6 Å². The second-order valence-electron chi connectivity index (χ2n) is 4.75. The van der Waals surface area contributed by atoms with E-state index in [1.54, 1.807) is 12.1 Å². The maximum Gasteiger partial charge on any atom is 0.170 e. The van der Waals surface area contributed by atoms with E-state index in [9.17, 15) is 4.79 Å². The number of fused-ring (bicyclic) bond motifs is 1. The molecular formula is C16H14ClN3O. The third-order valence-electron chi connectivity index (χ3n) is 3.41. The second kappa shape index (κ2) is 5.66. The van der Waals surface area contributed by atoms with E-state index >= 15 is 0 Å². The highest BCUT2D eigenvalue weighted by atomic mass is 35.5. The lowest BCUT2D eigenvalue weighted by molar-refractivity contribution is 0.0991. The number of aromatic nitrogens is 3. The number of carbonyl (C=O) groups is 1. The summed E-state index contributed by atoms with van der Waals surface area (Å²) < 4.78 is 1.91. The van der Waals surface area contributed by atoms with Gasteiger partial charge in [-0.05, 0) is 25.1 Å². The third kappa shape index (κ3) is 2.67. The molecule has 0 amide bonds. The molecule has 0 aliphatic rings. The van der Waals surface area contributed by atoms with Gasteiger partial charge < -0.3 is 0 Å². The zero-order valence-corrected chi connectivity index (χ0v) is 12.3. The molecule has 4 nitrogen and oxygen atoms in total. The molecule has 106 valence electrons. The van der Waals surface area contributed by atoms with Crippen molar-refractivity contribution in [2.75, 3.05) is 0 Å². The monoisotopic (exact) mass is 299 g/mol. The summed E-state index contributed by atoms with van der Waals surface area (Å²) in [7, 11) is 0. The Labute approximate surface area is 127 Å². The van der Waals surface area contributed by atoms with Gasteiger partial charge in [0.25, 0.3) is 0 Å². The van der Waals surface area contributed by atoms with Gasteiger partial charge in [-0.25, -0.2) is 4.98 Å². The molecule has 0 aliphatic heterocycles. The molecule has 0 fully saturated rings. The first-order valence-electron chi connectivity index (χ1n) is 6.78. The first kappa shape index (κ1) is 13.8. The van der Waals surface area contributed by atoms with Crippen molar-refractivity contribution < 1.29 is 4.79 Å². The number of nitrogens with zero attached hydrogens (tertiary/aromatic N) is 3. The Balaban J connectivity index is 1.94. The van der Waals surface area contributed by atoms with Gasteiger partial charge in [-0.2, -0.15) is 5.10 Å². The number of para-hydroxylation sites is 1. The molecule has 5 heteroatoms. The average molecular weight is 300 g/mol. The van der Waals surface area contributed by atoms with E-state index in [4.69, 9.17) is 11.6 Å². The minimum absolute atomic E-state index is 0.00864. The fourth-order valence-electron chi connectivity index (χ4n) is 2.36. The summed E-state index contributed by atoms with van der Waals surface area (Å²) in [5.74, 6) is -0.00864. The molecule has 0 N–H and O–H groups in total. The van der Waals surface area contributed by atoms with Crippen LogP contribution in [0, 0.1) is 0 Å². The van der Waals surface area contributed by atoms with Crippen molar-refractivity contribution in [2.24, 2.45) is 0 Å². The minimum atomic E-state index is -0.00864. The van der Waals surface area contributed by atoms with Crippen LogP contribution < -0.4 is 0 Å². The number of carbonyl (C=O) groups excluding carboxylic acids is 1. The Morgan fingerprint density at radius 1 is 1.24 bits per heavy atom. The second-order valence-corrected chi connectivity index (χ2v) is 5.14. The number of halogens is 1. The van der Waals surface area contributed by atoms with E-state index in [1.165, 1.54) is 6.20 Å². The topological polar surface area (TPSA) is 47.8 Å². The van der Waals surface area contributed by atoms with Gasteiger partial charge in [0.05, 0.1) is 17.6 Å². The molecule has 0 atom stereocenters. The number of hydrogen-bond donors (Lipinski definition) is 0. The van der Waals surface area contributed by atoms with Crippen molar-refractivity contribution in [3.8, 4) is 0 Å². The van der Waals surface area contributed by atoms with Crippen LogP contribution in [0.3, 0.4) is 0 Å². The molecule has 0 saturated carbocycles. The van der Waals surface area contributed by atoms with Gasteiger partial charge in [0.2, 0.25) is 0 Å². The highest BCUT2D eigenvalue weighted by molar-refractivity contribution is 6.29. The molecule has 0 unspecified atom stereocenters. The van der Waals surface area contributed by atoms with Crippen molar-refractivity contribution in [3.05, 3.63) is 59.0 Å². The molecule has 0 aliphatic carbocycles. The molecule has 3 aromatic rings. The Hall–Kier alpha value is -2.20. The van der Waals surface area contributed by atoms with Crippen LogP contribution in [0.25, 0.3) is 10.9 Å². The van der Waals surface area contributed by atoms with Crippen LogP contribution in [0.2, 0.25) is 5.15 Å². The van der Waals surface area contributed by atoms with Crippen LogP contribution in [-0.2, 0) is 13.0 Å². The van der Waals surface area contributed by atoms with Gasteiger partial charge in [-0.15, -0.1) is 0 Å². The van der Waals surface area contributed by atoms with Gasteiger partial charge in [-0.3, -0.25) is 9.48 Å². The number of ketones is 1. The molecule has 0 radical (unpaired) electrons. The zero-order valence-electron chi connectivity index (χ0n) is 11.6. The highest BCUT2D eigenvalue weighted by Crippen LogP contribution is 2.20. The summed E-state index contributed by atoms with van der Waals surface area (Å²) in [4.78, 5) is 16.3. The Morgan fingerprint density at radius 2 is 2.05 bits per heavy atom. The van der Waals surface area contributed by atoms with E-state index in [-0.39, 0.29) is 12.2 Å². The van der Waals surface area contributed by atoms with Crippen molar-refractivity contribution in [1.29, 1.82) is 0 Å². The predicted molar refractivity (Wildman–Crippen MR) is 82.7 cm³/mol. The normalized spacial score (nSPS) is 11.0. The molecule has 3 rings (SSSR count). The fraction of sp³-hybridized carbons (Fsp3) is 0.188. The van der Waals surface area contributed by atoms with Crippen molar-refractivity contribution in [2.45, 2.75) is 19.9 Å². The molecule has 0 saturated heterocycles. The lowest BCUT2D eigenvalue weighted by Crippen LogP contribution is -2.05. The van der Waals surface area contributed by atoms with Gasteiger partial charge >= 0.3 is 0 Å². The smallest absolute Gasteiger partial charge is 0.170 e. The van der Waals surface area contributed by atoms with E-state index in [1.807, 2.05) is 35.9 Å². The maximum absolute atomic E-state index is 12.3.